The number of piperidine rings is 1. The molecule has 3 heterocycles. The SMILES string of the molecule is N#Cc1ccc(C2CN([C@@H]3CCC[C@H]3Oc3ccc4c(c3)CN(C3CCC(=O)NC3=O)C4=O)C2)cc1. The molecule has 4 aliphatic rings. The summed E-state index contributed by atoms with van der Waals surface area (Å²) in [4.78, 5) is 40.8. The summed E-state index contributed by atoms with van der Waals surface area (Å²) in [6.07, 6.45) is 3.94. The number of nitrogens with zero attached hydrogens (tertiary/aromatic N) is 3. The van der Waals surface area contributed by atoms with Crippen LogP contribution in [0, 0.1) is 11.3 Å². The van der Waals surface area contributed by atoms with Crippen molar-refractivity contribution < 1.29 is 19.1 Å². The molecule has 2 aromatic rings. The summed E-state index contributed by atoms with van der Waals surface area (Å²) >= 11 is 0. The summed E-state index contributed by atoms with van der Waals surface area (Å²) in [5.41, 5.74) is 3.43. The van der Waals surface area contributed by atoms with E-state index in [9.17, 15) is 14.4 Å². The second-order valence-electron chi connectivity index (χ2n) is 10.3. The number of nitrogens with one attached hydrogen (secondary N) is 1. The summed E-state index contributed by atoms with van der Waals surface area (Å²) in [6.45, 7) is 2.34. The van der Waals surface area contributed by atoms with E-state index in [-0.39, 0.29) is 24.3 Å². The van der Waals surface area contributed by atoms with Gasteiger partial charge in [0, 0.05) is 43.6 Å². The molecule has 8 heteroatoms. The van der Waals surface area contributed by atoms with Gasteiger partial charge in [-0.25, -0.2) is 0 Å². The quantitative estimate of drug-likeness (QED) is 0.655. The van der Waals surface area contributed by atoms with Crippen LogP contribution in [0.4, 0.5) is 0 Å². The van der Waals surface area contributed by atoms with Crippen LogP contribution in [0.2, 0.25) is 0 Å². The van der Waals surface area contributed by atoms with Crippen LogP contribution in [0.5, 0.6) is 5.75 Å². The van der Waals surface area contributed by atoms with Gasteiger partial charge in [0.05, 0.1) is 11.6 Å². The fourth-order valence-corrected chi connectivity index (χ4v) is 6.08. The average Bonchev–Trinajstić information content (AvgIpc) is 3.43. The number of ether oxygens (including phenoxy) is 1. The Kier molecular flexibility index (Phi) is 5.73. The first kappa shape index (κ1) is 22.7. The van der Waals surface area contributed by atoms with Crippen molar-refractivity contribution in [3.63, 3.8) is 0 Å². The Labute approximate surface area is 209 Å². The Morgan fingerprint density at radius 2 is 1.81 bits per heavy atom. The van der Waals surface area contributed by atoms with Crippen molar-refractivity contribution in [1.29, 1.82) is 5.26 Å². The van der Waals surface area contributed by atoms with Crippen LogP contribution in [-0.4, -0.2) is 58.8 Å². The Hall–Kier alpha value is -3.70. The molecule has 36 heavy (non-hydrogen) atoms. The average molecular weight is 485 g/mol. The van der Waals surface area contributed by atoms with E-state index < -0.39 is 11.9 Å². The van der Waals surface area contributed by atoms with Crippen molar-refractivity contribution in [2.45, 2.75) is 62.8 Å². The molecule has 3 amide bonds. The van der Waals surface area contributed by atoms with E-state index in [1.165, 1.54) is 5.56 Å². The molecular formula is C28H28N4O4. The molecule has 1 saturated carbocycles. The largest absolute Gasteiger partial charge is 0.489 e. The van der Waals surface area contributed by atoms with Crippen molar-refractivity contribution in [2.24, 2.45) is 0 Å². The zero-order valence-corrected chi connectivity index (χ0v) is 20.0. The maximum atomic E-state index is 12.9. The van der Waals surface area contributed by atoms with Crippen LogP contribution in [0.3, 0.4) is 0 Å². The van der Waals surface area contributed by atoms with Gasteiger partial charge >= 0.3 is 0 Å². The fourth-order valence-electron chi connectivity index (χ4n) is 6.08. The highest BCUT2D eigenvalue weighted by atomic mass is 16.5. The van der Waals surface area contributed by atoms with E-state index in [4.69, 9.17) is 10.00 Å². The molecule has 1 N–H and O–H groups in total. The van der Waals surface area contributed by atoms with Crippen LogP contribution in [0.15, 0.2) is 42.5 Å². The molecule has 0 bridgehead atoms. The molecule has 8 nitrogen and oxygen atoms in total. The molecule has 3 aliphatic heterocycles. The number of likely N-dealkylation sites (tertiary alicyclic amines) is 1. The standard InChI is InChI=1S/C28H28N4O4/c29-13-17-4-6-18(7-5-17)20-14-31(15-20)23-2-1-3-25(23)36-21-8-9-22-19(12-21)16-32(28(22)35)24-10-11-26(33)30-27(24)34/h4-9,12,20,23-25H,1-3,10-11,14-16H2,(H,30,33,34)/t23-,24?,25-/m1/s1. The highest BCUT2D eigenvalue weighted by Crippen LogP contribution is 2.37. The van der Waals surface area contributed by atoms with E-state index in [0.29, 0.717) is 36.1 Å². The maximum absolute atomic E-state index is 12.9. The lowest BCUT2D eigenvalue weighted by Crippen LogP contribution is -2.54. The Balaban J connectivity index is 1.09. The summed E-state index contributed by atoms with van der Waals surface area (Å²) in [7, 11) is 0. The molecule has 3 fully saturated rings. The van der Waals surface area contributed by atoms with Gasteiger partial charge in [-0.3, -0.25) is 24.6 Å². The monoisotopic (exact) mass is 484 g/mol. The zero-order valence-electron chi connectivity index (χ0n) is 20.0. The predicted octanol–water partition coefficient (Wildman–Crippen LogP) is 2.72. The van der Waals surface area contributed by atoms with Gasteiger partial charge in [0.1, 0.15) is 17.9 Å². The number of carbonyl (C=O) groups is 3. The third-order valence-electron chi connectivity index (χ3n) is 8.09. The van der Waals surface area contributed by atoms with Gasteiger partial charge < -0.3 is 9.64 Å². The molecule has 1 unspecified atom stereocenters. The van der Waals surface area contributed by atoms with Gasteiger partial charge in [-0.2, -0.15) is 5.26 Å². The number of amides is 3. The molecule has 3 atom stereocenters. The molecule has 0 radical (unpaired) electrons. The second-order valence-corrected chi connectivity index (χ2v) is 10.3. The summed E-state index contributed by atoms with van der Waals surface area (Å²) in [6, 6.07) is 15.4. The second kappa shape index (κ2) is 9.07. The van der Waals surface area contributed by atoms with E-state index in [1.54, 1.807) is 11.0 Å². The van der Waals surface area contributed by atoms with Gasteiger partial charge in [0.25, 0.3) is 5.91 Å². The van der Waals surface area contributed by atoms with Crippen LogP contribution < -0.4 is 10.1 Å². The number of fused-ring (bicyclic) bond motifs is 1. The molecular weight excluding hydrogens is 456 g/mol. The Morgan fingerprint density at radius 1 is 1.00 bits per heavy atom. The lowest BCUT2D eigenvalue weighted by Gasteiger charge is -2.45. The number of rotatable bonds is 5. The lowest BCUT2D eigenvalue weighted by atomic mass is 9.89. The molecule has 184 valence electrons. The summed E-state index contributed by atoms with van der Waals surface area (Å²) < 4.78 is 6.46. The minimum Gasteiger partial charge on any atom is -0.489 e. The van der Waals surface area contributed by atoms with Crippen molar-refractivity contribution in [2.75, 3.05) is 13.1 Å². The maximum Gasteiger partial charge on any atom is 0.255 e. The molecule has 2 aromatic carbocycles. The Bertz CT molecular complexity index is 1260. The highest BCUT2D eigenvalue weighted by molar-refractivity contribution is 6.05. The predicted molar refractivity (Wildman–Crippen MR) is 130 cm³/mol. The fraction of sp³-hybridized carbons (Fsp3) is 0.429. The third-order valence-corrected chi connectivity index (χ3v) is 8.09. The van der Waals surface area contributed by atoms with E-state index in [0.717, 1.165) is 43.7 Å². The van der Waals surface area contributed by atoms with Crippen molar-refractivity contribution >= 4 is 17.7 Å². The van der Waals surface area contributed by atoms with Crippen LogP contribution >= 0.6 is 0 Å². The summed E-state index contributed by atoms with van der Waals surface area (Å²) in [5.74, 6) is 0.398. The summed E-state index contributed by atoms with van der Waals surface area (Å²) in [5, 5.41) is 11.4. The molecule has 1 aliphatic carbocycles. The van der Waals surface area contributed by atoms with Crippen molar-refractivity contribution in [3.05, 3.63) is 64.7 Å². The molecule has 0 spiro atoms. The Morgan fingerprint density at radius 3 is 2.56 bits per heavy atom. The first-order valence-corrected chi connectivity index (χ1v) is 12.7. The lowest BCUT2D eigenvalue weighted by molar-refractivity contribution is -0.136. The first-order chi connectivity index (χ1) is 17.5. The molecule has 6 rings (SSSR count). The number of hydrogen-bond acceptors (Lipinski definition) is 6. The van der Waals surface area contributed by atoms with Gasteiger partial charge in [0.2, 0.25) is 11.8 Å². The number of imide groups is 1. The van der Waals surface area contributed by atoms with E-state index in [2.05, 4.69) is 28.4 Å². The van der Waals surface area contributed by atoms with Crippen molar-refractivity contribution in [1.82, 2.24) is 15.1 Å². The van der Waals surface area contributed by atoms with Crippen molar-refractivity contribution in [3.8, 4) is 11.8 Å². The third kappa shape index (κ3) is 4.03. The normalized spacial score (nSPS) is 26.4. The zero-order chi connectivity index (χ0) is 24.8. The van der Waals surface area contributed by atoms with E-state index >= 15 is 0 Å². The number of carbonyl (C=O) groups excluding carboxylic acids is 3. The van der Waals surface area contributed by atoms with Gasteiger partial charge in [-0.05, 0) is 67.1 Å². The topological polar surface area (TPSA) is 103 Å². The molecule has 0 aromatic heterocycles. The van der Waals surface area contributed by atoms with E-state index in [1.807, 2.05) is 24.3 Å². The number of benzene rings is 2. The molecule has 2 saturated heterocycles. The van der Waals surface area contributed by atoms with Gasteiger partial charge in [-0.1, -0.05) is 12.1 Å². The number of hydrogen-bond donors (Lipinski definition) is 1. The minimum absolute atomic E-state index is 0.105. The van der Waals surface area contributed by atoms with Gasteiger partial charge in [0.15, 0.2) is 0 Å². The minimum atomic E-state index is -0.610. The highest BCUT2D eigenvalue weighted by Gasteiger charge is 2.42. The first-order valence-electron chi connectivity index (χ1n) is 12.7. The van der Waals surface area contributed by atoms with Gasteiger partial charge in [-0.15, -0.1) is 0 Å². The number of nitriles is 1. The van der Waals surface area contributed by atoms with Crippen LogP contribution in [0.25, 0.3) is 0 Å². The smallest absolute Gasteiger partial charge is 0.255 e. The van der Waals surface area contributed by atoms with Crippen LogP contribution in [-0.2, 0) is 16.1 Å². The van der Waals surface area contributed by atoms with Crippen LogP contribution in [0.1, 0.15) is 65.1 Å².